The molecule has 28 heavy (non-hydrogen) atoms. The van der Waals surface area contributed by atoms with Crippen molar-refractivity contribution in [1.29, 1.82) is 0 Å². The predicted molar refractivity (Wildman–Crippen MR) is 97.2 cm³/mol. The van der Waals surface area contributed by atoms with Gasteiger partial charge in [0.15, 0.2) is 17.3 Å². The molecule has 0 unspecified atom stereocenters. The van der Waals surface area contributed by atoms with Crippen molar-refractivity contribution >= 4 is 23.3 Å². The molecule has 1 aliphatic carbocycles. The second-order valence-electron chi connectivity index (χ2n) is 6.30. The van der Waals surface area contributed by atoms with E-state index in [0.717, 1.165) is 5.56 Å². The molecule has 0 amide bonds. The van der Waals surface area contributed by atoms with Crippen molar-refractivity contribution in [2.45, 2.75) is 13.0 Å². The zero-order chi connectivity index (χ0) is 19.7. The zero-order valence-electron chi connectivity index (χ0n) is 14.6. The monoisotopic (exact) mass is 374 g/mol. The quantitative estimate of drug-likeness (QED) is 0.302. The number of ketones is 3. The third-order valence-electron chi connectivity index (χ3n) is 4.42. The highest BCUT2D eigenvalue weighted by Gasteiger charge is 2.34. The number of benzene rings is 2. The molecule has 0 saturated carbocycles. The van der Waals surface area contributed by atoms with Crippen molar-refractivity contribution in [3.63, 3.8) is 0 Å². The van der Waals surface area contributed by atoms with Crippen LogP contribution in [0.3, 0.4) is 0 Å². The van der Waals surface area contributed by atoms with Gasteiger partial charge in [-0.1, -0.05) is 54.6 Å². The highest BCUT2D eigenvalue weighted by atomic mass is 16.5. The van der Waals surface area contributed by atoms with E-state index in [4.69, 9.17) is 9.15 Å². The van der Waals surface area contributed by atoms with Gasteiger partial charge in [0.2, 0.25) is 11.6 Å². The fourth-order valence-electron chi connectivity index (χ4n) is 3.02. The Bertz CT molecular complexity index is 1050. The second kappa shape index (κ2) is 7.08. The summed E-state index contributed by atoms with van der Waals surface area (Å²) in [6, 6.07) is 16.7. The summed E-state index contributed by atoms with van der Waals surface area (Å²) in [4.78, 5) is 49.4. The standard InChI is InChI=1S/C22H14O6/c23-17(11-19(24)27-12-13-6-2-1-3-7-13)18-10-16-20(25)14-8-4-5-9-15(14)21(26)22(16)28-18/h1-10H,11-12H2. The maximum Gasteiger partial charge on any atom is 0.314 e. The van der Waals surface area contributed by atoms with Crippen LogP contribution in [0.2, 0.25) is 0 Å². The number of fused-ring (bicyclic) bond motifs is 2. The molecule has 0 atom stereocenters. The van der Waals surface area contributed by atoms with Crippen molar-refractivity contribution < 1.29 is 28.3 Å². The van der Waals surface area contributed by atoms with Gasteiger partial charge < -0.3 is 9.15 Å². The lowest BCUT2D eigenvalue weighted by atomic mass is 9.88. The van der Waals surface area contributed by atoms with Gasteiger partial charge in [0, 0.05) is 11.1 Å². The summed E-state index contributed by atoms with van der Waals surface area (Å²) in [6.07, 6.45) is -0.547. The average Bonchev–Trinajstić information content (AvgIpc) is 3.17. The molecule has 1 aromatic heterocycles. The summed E-state index contributed by atoms with van der Waals surface area (Å²) < 4.78 is 10.4. The van der Waals surface area contributed by atoms with Crippen molar-refractivity contribution in [2.75, 3.05) is 0 Å². The normalized spacial score (nSPS) is 12.3. The minimum Gasteiger partial charge on any atom is -0.460 e. The number of furan rings is 1. The fourth-order valence-corrected chi connectivity index (χ4v) is 3.02. The van der Waals surface area contributed by atoms with E-state index in [0.29, 0.717) is 0 Å². The number of carbonyl (C=O) groups is 4. The van der Waals surface area contributed by atoms with E-state index in [-0.39, 0.29) is 40.6 Å². The molecule has 0 saturated heterocycles. The summed E-state index contributed by atoms with van der Waals surface area (Å²) in [5, 5.41) is 0. The van der Waals surface area contributed by atoms with Gasteiger partial charge in [-0.05, 0) is 11.6 Å². The van der Waals surface area contributed by atoms with Gasteiger partial charge in [0.05, 0.1) is 5.56 Å². The van der Waals surface area contributed by atoms with Gasteiger partial charge in [0.25, 0.3) is 0 Å². The van der Waals surface area contributed by atoms with Crippen LogP contribution in [0.25, 0.3) is 0 Å². The predicted octanol–water partition coefficient (Wildman–Crippen LogP) is 3.37. The van der Waals surface area contributed by atoms with Crippen LogP contribution in [0.5, 0.6) is 0 Å². The molecule has 6 nitrogen and oxygen atoms in total. The lowest BCUT2D eigenvalue weighted by Crippen LogP contribution is -2.18. The van der Waals surface area contributed by atoms with E-state index in [9.17, 15) is 19.2 Å². The van der Waals surface area contributed by atoms with Crippen LogP contribution in [0, 0.1) is 0 Å². The van der Waals surface area contributed by atoms with Crippen molar-refractivity contribution in [1.82, 2.24) is 0 Å². The molecule has 0 bridgehead atoms. The smallest absolute Gasteiger partial charge is 0.314 e. The summed E-state index contributed by atoms with van der Waals surface area (Å²) in [6.45, 7) is 0.0495. The minimum absolute atomic E-state index is 0.0321. The summed E-state index contributed by atoms with van der Waals surface area (Å²) in [5.74, 6) is -2.61. The van der Waals surface area contributed by atoms with E-state index in [2.05, 4.69) is 0 Å². The summed E-state index contributed by atoms with van der Waals surface area (Å²) in [7, 11) is 0. The highest BCUT2D eigenvalue weighted by molar-refractivity contribution is 6.28. The Balaban J connectivity index is 1.48. The zero-order valence-corrected chi connectivity index (χ0v) is 14.6. The Morgan fingerprint density at radius 2 is 1.46 bits per heavy atom. The first-order valence-electron chi connectivity index (χ1n) is 8.59. The molecule has 4 rings (SSSR count). The van der Waals surface area contributed by atoms with Crippen LogP contribution in [-0.4, -0.2) is 23.3 Å². The number of hydrogen-bond donors (Lipinski definition) is 0. The lowest BCUT2D eigenvalue weighted by Gasteiger charge is -2.11. The molecule has 2 aromatic carbocycles. The van der Waals surface area contributed by atoms with Crippen molar-refractivity contribution in [2.24, 2.45) is 0 Å². The Morgan fingerprint density at radius 1 is 0.821 bits per heavy atom. The number of ether oxygens (including phenoxy) is 1. The Hall–Kier alpha value is -3.80. The molecule has 6 heteroatoms. The minimum atomic E-state index is -0.718. The van der Waals surface area contributed by atoms with Gasteiger partial charge in [-0.3, -0.25) is 19.2 Å². The van der Waals surface area contributed by atoms with Crippen LogP contribution >= 0.6 is 0 Å². The van der Waals surface area contributed by atoms with Gasteiger partial charge in [-0.15, -0.1) is 0 Å². The molecular formula is C22H14O6. The van der Waals surface area contributed by atoms with Gasteiger partial charge in [-0.2, -0.15) is 0 Å². The number of hydrogen-bond acceptors (Lipinski definition) is 6. The van der Waals surface area contributed by atoms with E-state index >= 15 is 0 Å². The largest absolute Gasteiger partial charge is 0.460 e. The van der Waals surface area contributed by atoms with E-state index in [1.54, 1.807) is 30.3 Å². The topological polar surface area (TPSA) is 90.6 Å². The molecule has 0 fully saturated rings. The van der Waals surface area contributed by atoms with Crippen LogP contribution in [0.1, 0.15) is 54.6 Å². The molecule has 0 spiro atoms. The summed E-state index contributed by atoms with van der Waals surface area (Å²) >= 11 is 0. The molecule has 138 valence electrons. The number of esters is 1. The Kier molecular flexibility index (Phi) is 4.45. The van der Waals surface area contributed by atoms with Crippen LogP contribution in [0.15, 0.2) is 65.1 Å². The Labute approximate surface area is 159 Å². The first-order chi connectivity index (χ1) is 13.5. The first kappa shape index (κ1) is 17.6. The Morgan fingerprint density at radius 3 is 2.18 bits per heavy atom. The number of rotatable bonds is 5. The second-order valence-corrected chi connectivity index (χ2v) is 6.30. The van der Waals surface area contributed by atoms with Gasteiger partial charge in [-0.25, -0.2) is 0 Å². The maximum absolute atomic E-state index is 12.6. The molecule has 1 aliphatic rings. The lowest BCUT2D eigenvalue weighted by molar-refractivity contribution is -0.143. The molecule has 0 aliphatic heterocycles. The molecule has 1 heterocycles. The van der Waals surface area contributed by atoms with E-state index in [1.807, 2.05) is 18.2 Å². The molecular weight excluding hydrogens is 360 g/mol. The van der Waals surface area contributed by atoms with E-state index in [1.165, 1.54) is 12.1 Å². The van der Waals surface area contributed by atoms with Crippen molar-refractivity contribution in [3.8, 4) is 0 Å². The fraction of sp³-hybridized carbons (Fsp3) is 0.0909. The third kappa shape index (κ3) is 3.16. The van der Waals surface area contributed by atoms with Crippen LogP contribution in [0.4, 0.5) is 0 Å². The molecule has 0 radical (unpaired) electrons. The highest BCUT2D eigenvalue weighted by Crippen LogP contribution is 2.30. The first-order valence-corrected chi connectivity index (χ1v) is 8.59. The maximum atomic E-state index is 12.6. The average molecular weight is 374 g/mol. The van der Waals surface area contributed by atoms with E-state index < -0.39 is 24.0 Å². The third-order valence-corrected chi connectivity index (χ3v) is 4.42. The number of Topliss-reactive ketones (excluding diaryl/α,β-unsaturated/α-hetero) is 1. The van der Waals surface area contributed by atoms with Gasteiger partial charge >= 0.3 is 5.97 Å². The van der Waals surface area contributed by atoms with Gasteiger partial charge in [0.1, 0.15) is 13.0 Å². The summed E-state index contributed by atoms with van der Waals surface area (Å²) in [5.41, 5.74) is 1.33. The number of carbonyl (C=O) groups excluding carboxylic acids is 4. The van der Waals surface area contributed by atoms with Crippen molar-refractivity contribution in [3.05, 3.63) is 94.4 Å². The molecule has 3 aromatic rings. The SMILES string of the molecule is O=C(CC(=O)c1cc2c(o1)C(=O)c1ccccc1C2=O)OCc1ccccc1. The van der Waals surface area contributed by atoms with Crippen LogP contribution in [-0.2, 0) is 16.1 Å². The molecule has 0 N–H and O–H groups in total. The van der Waals surface area contributed by atoms with Crippen LogP contribution < -0.4 is 0 Å².